The van der Waals surface area contributed by atoms with Gasteiger partial charge in [0.2, 0.25) is 0 Å². The highest BCUT2D eigenvalue weighted by Crippen LogP contribution is 2.09. The molecule has 0 saturated heterocycles. The SMILES string of the molecule is O=C(N/C=C/c1ccccc1)c1ccc(O)cc1. The van der Waals surface area contributed by atoms with E-state index >= 15 is 0 Å². The molecular weight excluding hydrogens is 226 g/mol. The van der Waals surface area contributed by atoms with Gasteiger partial charge < -0.3 is 10.4 Å². The van der Waals surface area contributed by atoms with Gasteiger partial charge in [-0.05, 0) is 35.9 Å². The van der Waals surface area contributed by atoms with Crippen molar-refractivity contribution >= 4 is 12.0 Å². The maximum atomic E-state index is 11.7. The number of hydrogen-bond donors (Lipinski definition) is 2. The smallest absolute Gasteiger partial charge is 0.255 e. The number of phenols is 1. The summed E-state index contributed by atoms with van der Waals surface area (Å²) in [6, 6.07) is 15.8. The second kappa shape index (κ2) is 5.68. The molecule has 0 heterocycles. The molecule has 0 unspecified atom stereocenters. The molecule has 0 saturated carbocycles. The first-order chi connectivity index (χ1) is 8.75. The Morgan fingerprint density at radius 1 is 1.00 bits per heavy atom. The zero-order valence-corrected chi connectivity index (χ0v) is 9.71. The van der Waals surface area contributed by atoms with E-state index in [0.717, 1.165) is 5.56 Å². The molecule has 2 aromatic carbocycles. The first-order valence-corrected chi connectivity index (χ1v) is 5.57. The highest BCUT2D eigenvalue weighted by molar-refractivity contribution is 5.95. The Hall–Kier alpha value is -2.55. The normalized spacial score (nSPS) is 10.4. The quantitative estimate of drug-likeness (QED) is 0.865. The van der Waals surface area contributed by atoms with Gasteiger partial charge >= 0.3 is 0 Å². The van der Waals surface area contributed by atoms with Gasteiger partial charge in [-0.15, -0.1) is 0 Å². The highest BCUT2D eigenvalue weighted by Gasteiger charge is 2.01. The van der Waals surface area contributed by atoms with Crippen LogP contribution in [-0.4, -0.2) is 11.0 Å². The van der Waals surface area contributed by atoms with Crippen LogP contribution in [-0.2, 0) is 0 Å². The van der Waals surface area contributed by atoms with E-state index in [1.165, 1.54) is 12.1 Å². The topological polar surface area (TPSA) is 49.3 Å². The number of amides is 1. The Morgan fingerprint density at radius 2 is 1.67 bits per heavy atom. The van der Waals surface area contributed by atoms with Crippen molar-refractivity contribution in [1.82, 2.24) is 5.32 Å². The number of carbonyl (C=O) groups excluding carboxylic acids is 1. The van der Waals surface area contributed by atoms with E-state index in [4.69, 9.17) is 5.11 Å². The van der Waals surface area contributed by atoms with Crippen LogP contribution in [0.4, 0.5) is 0 Å². The van der Waals surface area contributed by atoms with E-state index in [1.54, 1.807) is 18.3 Å². The molecule has 0 aliphatic rings. The number of phenolic OH excluding ortho intramolecular Hbond substituents is 1. The van der Waals surface area contributed by atoms with Gasteiger partial charge in [0.25, 0.3) is 5.91 Å². The Morgan fingerprint density at radius 3 is 2.33 bits per heavy atom. The van der Waals surface area contributed by atoms with Gasteiger partial charge in [0.05, 0.1) is 0 Å². The molecule has 0 bridgehead atoms. The van der Waals surface area contributed by atoms with Crippen LogP contribution < -0.4 is 5.32 Å². The minimum atomic E-state index is -0.206. The second-order valence-electron chi connectivity index (χ2n) is 3.76. The lowest BCUT2D eigenvalue weighted by Gasteiger charge is -2.00. The van der Waals surface area contributed by atoms with Crippen LogP contribution in [0.25, 0.3) is 6.08 Å². The molecule has 3 nitrogen and oxygen atoms in total. The van der Waals surface area contributed by atoms with Crippen LogP contribution in [0.5, 0.6) is 5.75 Å². The van der Waals surface area contributed by atoms with Crippen LogP contribution in [0.2, 0.25) is 0 Å². The molecule has 0 fully saturated rings. The zero-order chi connectivity index (χ0) is 12.8. The van der Waals surface area contributed by atoms with Gasteiger partial charge in [0.15, 0.2) is 0 Å². The van der Waals surface area contributed by atoms with Crippen LogP contribution in [0.3, 0.4) is 0 Å². The lowest BCUT2D eigenvalue weighted by atomic mass is 10.2. The third-order valence-electron chi connectivity index (χ3n) is 2.42. The van der Waals surface area contributed by atoms with Gasteiger partial charge in [-0.3, -0.25) is 4.79 Å². The molecule has 3 heteroatoms. The molecule has 1 amide bonds. The predicted octanol–water partition coefficient (Wildman–Crippen LogP) is 2.79. The molecular formula is C15H13NO2. The fourth-order valence-corrected chi connectivity index (χ4v) is 1.47. The largest absolute Gasteiger partial charge is 0.508 e. The molecule has 0 aliphatic carbocycles. The maximum Gasteiger partial charge on any atom is 0.255 e. The van der Waals surface area contributed by atoms with Crippen molar-refractivity contribution in [1.29, 1.82) is 0 Å². The van der Waals surface area contributed by atoms with Crippen molar-refractivity contribution in [2.24, 2.45) is 0 Å². The molecule has 0 aliphatic heterocycles. The van der Waals surface area contributed by atoms with E-state index < -0.39 is 0 Å². The van der Waals surface area contributed by atoms with Crippen LogP contribution in [0, 0.1) is 0 Å². The average Bonchev–Trinajstić information content (AvgIpc) is 2.40. The average molecular weight is 239 g/mol. The third-order valence-corrected chi connectivity index (χ3v) is 2.42. The number of nitrogens with one attached hydrogen (secondary N) is 1. The lowest BCUT2D eigenvalue weighted by Crippen LogP contribution is -2.16. The summed E-state index contributed by atoms with van der Waals surface area (Å²) in [4.78, 5) is 11.7. The number of rotatable bonds is 3. The van der Waals surface area contributed by atoms with E-state index in [9.17, 15) is 4.79 Å². The summed E-state index contributed by atoms with van der Waals surface area (Å²) >= 11 is 0. The number of benzene rings is 2. The van der Waals surface area contributed by atoms with E-state index in [2.05, 4.69) is 5.32 Å². The molecule has 18 heavy (non-hydrogen) atoms. The molecule has 0 spiro atoms. The van der Waals surface area contributed by atoms with E-state index in [-0.39, 0.29) is 11.7 Å². The fraction of sp³-hybridized carbons (Fsp3) is 0. The summed E-state index contributed by atoms with van der Waals surface area (Å²) in [6.45, 7) is 0. The molecule has 90 valence electrons. The summed E-state index contributed by atoms with van der Waals surface area (Å²) in [6.07, 6.45) is 3.42. The predicted molar refractivity (Wildman–Crippen MR) is 71.0 cm³/mol. The summed E-state index contributed by atoms with van der Waals surface area (Å²) in [5, 5.41) is 11.8. The Bertz CT molecular complexity index is 544. The summed E-state index contributed by atoms with van der Waals surface area (Å²) < 4.78 is 0. The van der Waals surface area contributed by atoms with Crippen LogP contribution in [0.15, 0.2) is 60.8 Å². The zero-order valence-electron chi connectivity index (χ0n) is 9.71. The molecule has 0 radical (unpaired) electrons. The van der Waals surface area contributed by atoms with Crippen molar-refractivity contribution in [2.75, 3.05) is 0 Å². The van der Waals surface area contributed by atoms with E-state index in [0.29, 0.717) is 5.56 Å². The minimum absolute atomic E-state index is 0.145. The molecule has 0 aromatic heterocycles. The lowest BCUT2D eigenvalue weighted by molar-refractivity contribution is 0.0970. The van der Waals surface area contributed by atoms with Crippen LogP contribution >= 0.6 is 0 Å². The minimum Gasteiger partial charge on any atom is -0.508 e. The molecule has 2 rings (SSSR count). The summed E-state index contributed by atoms with van der Waals surface area (Å²) in [5.74, 6) is -0.0615. The number of hydrogen-bond acceptors (Lipinski definition) is 2. The highest BCUT2D eigenvalue weighted by atomic mass is 16.3. The standard InChI is InChI=1S/C15H13NO2/c17-14-8-6-13(7-9-14)15(18)16-11-10-12-4-2-1-3-5-12/h1-11,17H,(H,16,18)/b11-10+. The van der Waals surface area contributed by atoms with Crippen molar-refractivity contribution in [3.05, 3.63) is 71.9 Å². The maximum absolute atomic E-state index is 11.7. The van der Waals surface area contributed by atoms with Crippen LogP contribution in [0.1, 0.15) is 15.9 Å². The summed E-state index contributed by atoms with van der Waals surface area (Å²) in [5.41, 5.74) is 1.52. The van der Waals surface area contributed by atoms with Gasteiger partial charge in [-0.1, -0.05) is 30.3 Å². The first-order valence-electron chi connectivity index (χ1n) is 5.57. The van der Waals surface area contributed by atoms with Gasteiger partial charge in [0.1, 0.15) is 5.75 Å². The number of aromatic hydroxyl groups is 1. The van der Waals surface area contributed by atoms with Crippen molar-refractivity contribution in [3.63, 3.8) is 0 Å². The van der Waals surface area contributed by atoms with Crippen molar-refractivity contribution in [3.8, 4) is 5.75 Å². The summed E-state index contributed by atoms with van der Waals surface area (Å²) in [7, 11) is 0. The monoisotopic (exact) mass is 239 g/mol. The van der Waals surface area contributed by atoms with Gasteiger partial charge in [-0.2, -0.15) is 0 Å². The Labute approximate surface area is 105 Å². The van der Waals surface area contributed by atoms with Crippen molar-refractivity contribution in [2.45, 2.75) is 0 Å². The van der Waals surface area contributed by atoms with Gasteiger partial charge in [0, 0.05) is 11.8 Å². The number of carbonyl (C=O) groups is 1. The third kappa shape index (κ3) is 3.22. The van der Waals surface area contributed by atoms with E-state index in [1.807, 2.05) is 36.4 Å². The Balaban J connectivity index is 1.96. The Kier molecular flexibility index (Phi) is 3.76. The molecule has 0 atom stereocenters. The second-order valence-corrected chi connectivity index (χ2v) is 3.76. The van der Waals surface area contributed by atoms with Gasteiger partial charge in [-0.25, -0.2) is 0 Å². The molecule has 2 aromatic rings. The fourth-order valence-electron chi connectivity index (χ4n) is 1.47. The molecule has 2 N–H and O–H groups in total. The van der Waals surface area contributed by atoms with Crippen molar-refractivity contribution < 1.29 is 9.90 Å². The first kappa shape index (κ1) is 11.9.